The fourth-order valence-corrected chi connectivity index (χ4v) is 3.10. The number of hydrogen-bond acceptors (Lipinski definition) is 4. The molecular weight excluding hydrogens is 306 g/mol. The highest BCUT2D eigenvalue weighted by Crippen LogP contribution is 2.42. The molecule has 1 saturated carbocycles. The molecule has 6 heteroatoms. The van der Waals surface area contributed by atoms with E-state index in [2.05, 4.69) is 17.1 Å². The number of rotatable bonds is 7. The molecule has 1 aromatic heterocycles. The molecule has 2 amide bonds. The van der Waals surface area contributed by atoms with E-state index in [1.165, 1.54) is 0 Å². The SMILES string of the molecule is CCCCNC(=O)CN1CCN(C(=O)c2ccoc2C2CC2)CC1. The maximum Gasteiger partial charge on any atom is 0.257 e. The Morgan fingerprint density at radius 2 is 2.00 bits per heavy atom. The number of amides is 2. The van der Waals surface area contributed by atoms with Crippen molar-refractivity contribution in [2.75, 3.05) is 39.3 Å². The molecule has 24 heavy (non-hydrogen) atoms. The quantitative estimate of drug-likeness (QED) is 0.773. The van der Waals surface area contributed by atoms with Crippen LogP contribution in [0.1, 0.15) is 54.6 Å². The topological polar surface area (TPSA) is 65.8 Å². The van der Waals surface area contributed by atoms with Crippen LogP contribution in [-0.4, -0.2) is 60.9 Å². The molecule has 3 rings (SSSR count). The van der Waals surface area contributed by atoms with Crippen LogP contribution in [-0.2, 0) is 4.79 Å². The van der Waals surface area contributed by atoms with Gasteiger partial charge < -0.3 is 14.6 Å². The van der Waals surface area contributed by atoms with Gasteiger partial charge in [-0.25, -0.2) is 0 Å². The number of hydrogen-bond donors (Lipinski definition) is 1. The molecule has 132 valence electrons. The Morgan fingerprint density at radius 3 is 2.67 bits per heavy atom. The van der Waals surface area contributed by atoms with E-state index in [1.807, 2.05) is 4.90 Å². The number of furan rings is 1. The monoisotopic (exact) mass is 333 g/mol. The maximum atomic E-state index is 12.7. The van der Waals surface area contributed by atoms with Crippen molar-refractivity contribution in [2.45, 2.75) is 38.5 Å². The molecule has 2 fully saturated rings. The number of unbranched alkanes of at least 4 members (excludes halogenated alkanes) is 1. The largest absolute Gasteiger partial charge is 0.468 e. The molecule has 0 radical (unpaired) electrons. The van der Waals surface area contributed by atoms with Crippen LogP contribution in [0, 0.1) is 0 Å². The van der Waals surface area contributed by atoms with Crippen molar-refractivity contribution in [1.82, 2.24) is 15.1 Å². The Morgan fingerprint density at radius 1 is 1.25 bits per heavy atom. The molecule has 0 bridgehead atoms. The number of piperazine rings is 1. The lowest BCUT2D eigenvalue weighted by molar-refractivity contribution is -0.122. The zero-order chi connectivity index (χ0) is 16.9. The molecule has 2 heterocycles. The summed E-state index contributed by atoms with van der Waals surface area (Å²) in [4.78, 5) is 28.5. The van der Waals surface area contributed by atoms with Crippen molar-refractivity contribution in [1.29, 1.82) is 0 Å². The van der Waals surface area contributed by atoms with E-state index in [9.17, 15) is 9.59 Å². The van der Waals surface area contributed by atoms with Gasteiger partial charge in [-0.05, 0) is 25.3 Å². The molecule has 0 atom stereocenters. The highest BCUT2D eigenvalue weighted by Gasteiger charge is 2.33. The van der Waals surface area contributed by atoms with Crippen LogP contribution in [0.3, 0.4) is 0 Å². The third-order valence-electron chi connectivity index (χ3n) is 4.75. The molecule has 0 unspecified atom stereocenters. The van der Waals surface area contributed by atoms with Crippen LogP contribution >= 0.6 is 0 Å². The standard InChI is InChI=1S/C18H27N3O3/c1-2-3-7-19-16(22)13-20-8-10-21(11-9-20)18(23)15-6-12-24-17(15)14-4-5-14/h6,12,14H,2-5,7-11,13H2,1H3,(H,19,22). The summed E-state index contributed by atoms with van der Waals surface area (Å²) in [6.07, 6.45) is 5.96. The minimum absolute atomic E-state index is 0.0673. The number of nitrogens with zero attached hydrogens (tertiary/aromatic N) is 2. The Balaban J connectivity index is 1.45. The van der Waals surface area contributed by atoms with Gasteiger partial charge in [-0.3, -0.25) is 14.5 Å². The lowest BCUT2D eigenvalue weighted by atomic mass is 10.1. The third kappa shape index (κ3) is 4.17. The van der Waals surface area contributed by atoms with E-state index < -0.39 is 0 Å². The fourth-order valence-electron chi connectivity index (χ4n) is 3.10. The molecule has 1 aliphatic carbocycles. The van der Waals surface area contributed by atoms with Gasteiger partial charge in [0, 0.05) is 38.6 Å². The van der Waals surface area contributed by atoms with Crippen molar-refractivity contribution in [2.24, 2.45) is 0 Å². The molecule has 2 aliphatic rings. The van der Waals surface area contributed by atoms with E-state index >= 15 is 0 Å². The highest BCUT2D eigenvalue weighted by atomic mass is 16.3. The minimum Gasteiger partial charge on any atom is -0.468 e. The van der Waals surface area contributed by atoms with Gasteiger partial charge in [-0.15, -0.1) is 0 Å². The summed E-state index contributed by atoms with van der Waals surface area (Å²) in [5.74, 6) is 1.44. The molecule has 6 nitrogen and oxygen atoms in total. The lowest BCUT2D eigenvalue weighted by Crippen LogP contribution is -2.51. The van der Waals surface area contributed by atoms with Crippen molar-refractivity contribution in [3.05, 3.63) is 23.7 Å². The van der Waals surface area contributed by atoms with Gasteiger partial charge in [-0.2, -0.15) is 0 Å². The van der Waals surface area contributed by atoms with Crippen molar-refractivity contribution in [3.63, 3.8) is 0 Å². The number of nitrogens with one attached hydrogen (secondary N) is 1. The van der Waals surface area contributed by atoms with Crippen molar-refractivity contribution in [3.8, 4) is 0 Å². The highest BCUT2D eigenvalue weighted by molar-refractivity contribution is 5.95. The second-order valence-corrected chi connectivity index (χ2v) is 6.74. The van der Waals surface area contributed by atoms with Crippen LogP contribution in [0.25, 0.3) is 0 Å². The van der Waals surface area contributed by atoms with Gasteiger partial charge in [-0.1, -0.05) is 13.3 Å². The average Bonchev–Trinajstić information content (AvgIpc) is 3.32. The summed E-state index contributed by atoms with van der Waals surface area (Å²) < 4.78 is 5.51. The Kier molecular flexibility index (Phi) is 5.56. The smallest absolute Gasteiger partial charge is 0.257 e. The first-order chi connectivity index (χ1) is 11.7. The predicted molar refractivity (Wildman–Crippen MR) is 90.9 cm³/mol. The molecular formula is C18H27N3O3. The zero-order valence-electron chi connectivity index (χ0n) is 14.4. The normalized spacial score (nSPS) is 18.6. The Labute approximate surface area is 143 Å². The van der Waals surface area contributed by atoms with Gasteiger partial charge in [0.2, 0.25) is 5.91 Å². The van der Waals surface area contributed by atoms with Crippen LogP contribution in [0.5, 0.6) is 0 Å². The lowest BCUT2D eigenvalue weighted by Gasteiger charge is -2.34. The first-order valence-corrected chi connectivity index (χ1v) is 9.04. The minimum atomic E-state index is 0.0673. The van der Waals surface area contributed by atoms with Gasteiger partial charge in [0.1, 0.15) is 5.76 Å². The first-order valence-electron chi connectivity index (χ1n) is 9.04. The summed E-state index contributed by atoms with van der Waals surface area (Å²) in [6, 6.07) is 1.80. The van der Waals surface area contributed by atoms with Crippen LogP contribution in [0.2, 0.25) is 0 Å². The van der Waals surface area contributed by atoms with E-state index in [1.54, 1.807) is 12.3 Å². The predicted octanol–water partition coefficient (Wildman–Crippen LogP) is 1.83. The Hall–Kier alpha value is -1.82. The second kappa shape index (κ2) is 7.83. The van der Waals surface area contributed by atoms with Crippen LogP contribution < -0.4 is 5.32 Å². The van der Waals surface area contributed by atoms with Gasteiger partial charge in [0.05, 0.1) is 18.4 Å². The maximum absolute atomic E-state index is 12.7. The summed E-state index contributed by atoms with van der Waals surface area (Å²) in [5, 5.41) is 2.94. The van der Waals surface area contributed by atoms with Crippen molar-refractivity contribution >= 4 is 11.8 Å². The van der Waals surface area contributed by atoms with E-state index in [0.717, 1.165) is 56.6 Å². The molecule has 0 spiro atoms. The average molecular weight is 333 g/mol. The summed E-state index contributed by atoms with van der Waals surface area (Å²) in [6.45, 7) is 6.08. The molecule has 1 aliphatic heterocycles. The van der Waals surface area contributed by atoms with E-state index in [-0.39, 0.29) is 11.8 Å². The zero-order valence-corrected chi connectivity index (χ0v) is 14.4. The fraction of sp³-hybridized carbons (Fsp3) is 0.667. The second-order valence-electron chi connectivity index (χ2n) is 6.74. The molecule has 1 aromatic rings. The van der Waals surface area contributed by atoms with Crippen LogP contribution in [0.4, 0.5) is 0 Å². The van der Waals surface area contributed by atoms with E-state index in [4.69, 9.17) is 4.42 Å². The number of carbonyl (C=O) groups excluding carboxylic acids is 2. The first kappa shape index (κ1) is 17.0. The Bertz CT molecular complexity index is 572. The number of carbonyl (C=O) groups is 2. The van der Waals surface area contributed by atoms with Gasteiger partial charge >= 0.3 is 0 Å². The summed E-state index contributed by atoms with van der Waals surface area (Å²) in [7, 11) is 0. The van der Waals surface area contributed by atoms with Crippen molar-refractivity contribution < 1.29 is 14.0 Å². The molecule has 1 saturated heterocycles. The molecule has 0 aromatic carbocycles. The summed E-state index contributed by atoms with van der Waals surface area (Å²) >= 11 is 0. The van der Waals surface area contributed by atoms with Gasteiger partial charge in [0.15, 0.2) is 0 Å². The molecule has 1 N–H and O–H groups in total. The van der Waals surface area contributed by atoms with E-state index in [0.29, 0.717) is 25.6 Å². The third-order valence-corrected chi connectivity index (χ3v) is 4.75. The van der Waals surface area contributed by atoms with Gasteiger partial charge in [0.25, 0.3) is 5.91 Å². The van der Waals surface area contributed by atoms with Crippen LogP contribution in [0.15, 0.2) is 16.7 Å². The summed E-state index contributed by atoms with van der Waals surface area (Å²) in [5.41, 5.74) is 0.725.